The maximum Gasteiger partial charge on any atom is 0.204 e. The fraction of sp³-hybridized carbons (Fsp3) is 0.0556. The molecule has 1 heterocycles. The number of nitrogens with zero attached hydrogens (tertiary/aromatic N) is 4. The van der Waals surface area contributed by atoms with E-state index in [4.69, 9.17) is 0 Å². The molecule has 0 spiro atoms. The standard InChI is InChI=1S/C18H15N5/c1-23(17-10-9-13-5-2-3-6-14(13)11-17)16-8-4-7-15(12-16)18-19-21-22-20-18/h2-12H,1H3,(H,19,20,21,22). The van der Waals surface area contributed by atoms with Crippen LogP contribution in [0.5, 0.6) is 0 Å². The Morgan fingerprint density at radius 3 is 2.48 bits per heavy atom. The minimum atomic E-state index is 0.596. The van der Waals surface area contributed by atoms with Crippen molar-refractivity contribution in [2.24, 2.45) is 0 Å². The van der Waals surface area contributed by atoms with Crippen molar-refractivity contribution in [2.75, 3.05) is 11.9 Å². The highest BCUT2D eigenvalue weighted by Crippen LogP contribution is 2.29. The zero-order chi connectivity index (χ0) is 15.6. The van der Waals surface area contributed by atoms with Gasteiger partial charge in [0.05, 0.1) is 0 Å². The van der Waals surface area contributed by atoms with Crippen LogP contribution in [0.2, 0.25) is 0 Å². The zero-order valence-corrected chi connectivity index (χ0v) is 12.6. The van der Waals surface area contributed by atoms with E-state index in [-0.39, 0.29) is 0 Å². The monoisotopic (exact) mass is 301 g/mol. The van der Waals surface area contributed by atoms with Crippen LogP contribution >= 0.6 is 0 Å². The van der Waals surface area contributed by atoms with Gasteiger partial charge in [0.1, 0.15) is 0 Å². The number of hydrogen-bond acceptors (Lipinski definition) is 4. The molecule has 0 saturated heterocycles. The largest absolute Gasteiger partial charge is 0.345 e. The van der Waals surface area contributed by atoms with Crippen molar-refractivity contribution in [3.05, 3.63) is 66.7 Å². The second kappa shape index (κ2) is 5.53. The van der Waals surface area contributed by atoms with Gasteiger partial charge in [0.2, 0.25) is 5.82 Å². The Bertz CT molecular complexity index is 946. The van der Waals surface area contributed by atoms with E-state index < -0.39 is 0 Å². The van der Waals surface area contributed by atoms with E-state index in [1.807, 2.05) is 12.1 Å². The number of tetrazole rings is 1. The van der Waals surface area contributed by atoms with Crippen molar-refractivity contribution in [1.29, 1.82) is 0 Å². The summed E-state index contributed by atoms with van der Waals surface area (Å²) >= 11 is 0. The lowest BCUT2D eigenvalue weighted by molar-refractivity contribution is 0.881. The third kappa shape index (κ3) is 2.53. The molecule has 23 heavy (non-hydrogen) atoms. The SMILES string of the molecule is CN(c1cccc(-c2nn[nH]n2)c1)c1ccc2ccccc2c1. The van der Waals surface area contributed by atoms with Crippen LogP contribution in [0.15, 0.2) is 66.7 Å². The Morgan fingerprint density at radius 1 is 0.826 bits per heavy atom. The molecule has 0 bridgehead atoms. The summed E-state index contributed by atoms with van der Waals surface area (Å²) < 4.78 is 0. The van der Waals surface area contributed by atoms with Crippen molar-refractivity contribution in [3.63, 3.8) is 0 Å². The van der Waals surface area contributed by atoms with Crippen LogP contribution in [-0.4, -0.2) is 27.7 Å². The molecule has 5 nitrogen and oxygen atoms in total. The summed E-state index contributed by atoms with van der Waals surface area (Å²) in [6.45, 7) is 0. The van der Waals surface area contributed by atoms with E-state index in [2.05, 4.69) is 87.2 Å². The molecule has 0 amide bonds. The molecule has 4 rings (SSSR count). The molecule has 0 aliphatic carbocycles. The number of rotatable bonds is 3. The van der Waals surface area contributed by atoms with Gasteiger partial charge in [0, 0.05) is 24.0 Å². The molecular weight excluding hydrogens is 286 g/mol. The van der Waals surface area contributed by atoms with Crippen LogP contribution in [0.3, 0.4) is 0 Å². The van der Waals surface area contributed by atoms with Crippen LogP contribution in [0.25, 0.3) is 22.2 Å². The van der Waals surface area contributed by atoms with E-state index >= 15 is 0 Å². The molecule has 0 aliphatic heterocycles. The van der Waals surface area contributed by atoms with Gasteiger partial charge in [-0.3, -0.25) is 0 Å². The summed E-state index contributed by atoms with van der Waals surface area (Å²) in [6, 6.07) is 22.9. The fourth-order valence-corrected chi connectivity index (χ4v) is 2.67. The molecule has 0 aliphatic rings. The number of aromatic nitrogens is 4. The average molecular weight is 301 g/mol. The van der Waals surface area contributed by atoms with Crippen LogP contribution in [0.1, 0.15) is 0 Å². The molecule has 0 unspecified atom stereocenters. The van der Waals surface area contributed by atoms with E-state index in [0.717, 1.165) is 16.9 Å². The number of H-pyrrole nitrogens is 1. The molecule has 0 atom stereocenters. The minimum absolute atomic E-state index is 0.596. The molecule has 1 N–H and O–H groups in total. The molecule has 0 saturated carbocycles. The Balaban J connectivity index is 1.72. The fourth-order valence-electron chi connectivity index (χ4n) is 2.67. The van der Waals surface area contributed by atoms with Crippen molar-refractivity contribution in [1.82, 2.24) is 20.6 Å². The van der Waals surface area contributed by atoms with Gasteiger partial charge < -0.3 is 4.90 Å². The number of anilines is 2. The van der Waals surface area contributed by atoms with Crippen LogP contribution in [0.4, 0.5) is 11.4 Å². The Labute approximate surface area is 133 Å². The zero-order valence-electron chi connectivity index (χ0n) is 12.6. The predicted molar refractivity (Wildman–Crippen MR) is 91.6 cm³/mol. The number of benzene rings is 3. The first-order valence-corrected chi connectivity index (χ1v) is 7.38. The number of aromatic amines is 1. The molecule has 3 aromatic carbocycles. The van der Waals surface area contributed by atoms with E-state index in [1.54, 1.807) is 0 Å². The van der Waals surface area contributed by atoms with Gasteiger partial charge in [-0.25, -0.2) is 0 Å². The first-order chi connectivity index (χ1) is 11.3. The Morgan fingerprint density at radius 2 is 1.65 bits per heavy atom. The van der Waals surface area contributed by atoms with Crippen LogP contribution < -0.4 is 4.90 Å². The number of fused-ring (bicyclic) bond motifs is 1. The molecule has 5 heteroatoms. The maximum absolute atomic E-state index is 4.03. The van der Waals surface area contributed by atoms with Gasteiger partial charge in [-0.2, -0.15) is 5.21 Å². The highest BCUT2D eigenvalue weighted by molar-refractivity contribution is 5.87. The summed E-state index contributed by atoms with van der Waals surface area (Å²) in [5.74, 6) is 0.596. The van der Waals surface area contributed by atoms with Crippen LogP contribution in [-0.2, 0) is 0 Å². The first-order valence-electron chi connectivity index (χ1n) is 7.38. The van der Waals surface area contributed by atoms with Gasteiger partial charge in [-0.1, -0.05) is 42.5 Å². The second-order valence-corrected chi connectivity index (χ2v) is 5.38. The van der Waals surface area contributed by atoms with E-state index in [9.17, 15) is 0 Å². The Hall–Kier alpha value is -3.21. The van der Waals surface area contributed by atoms with Crippen molar-refractivity contribution in [3.8, 4) is 11.4 Å². The third-order valence-corrected chi connectivity index (χ3v) is 3.96. The smallest absolute Gasteiger partial charge is 0.204 e. The molecule has 0 radical (unpaired) electrons. The second-order valence-electron chi connectivity index (χ2n) is 5.38. The third-order valence-electron chi connectivity index (χ3n) is 3.96. The van der Waals surface area contributed by atoms with E-state index in [1.165, 1.54) is 10.8 Å². The first kappa shape index (κ1) is 13.5. The lowest BCUT2D eigenvalue weighted by atomic mass is 10.1. The van der Waals surface area contributed by atoms with Gasteiger partial charge in [-0.15, -0.1) is 10.2 Å². The summed E-state index contributed by atoms with van der Waals surface area (Å²) in [4.78, 5) is 2.15. The normalized spacial score (nSPS) is 10.8. The van der Waals surface area contributed by atoms with Gasteiger partial charge in [0.15, 0.2) is 0 Å². The van der Waals surface area contributed by atoms with E-state index in [0.29, 0.717) is 5.82 Å². The molecular formula is C18H15N5. The quantitative estimate of drug-likeness (QED) is 0.625. The maximum atomic E-state index is 4.03. The number of hydrogen-bond donors (Lipinski definition) is 1. The van der Waals surface area contributed by atoms with Crippen molar-refractivity contribution in [2.45, 2.75) is 0 Å². The minimum Gasteiger partial charge on any atom is -0.345 e. The van der Waals surface area contributed by atoms with Gasteiger partial charge in [-0.05, 0) is 40.3 Å². The highest BCUT2D eigenvalue weighted by Gasteiger charge is 2.08. The van der Waals surface area contributed by atoms with Gasteiger partial charge in [0.25, 0.3) is 0 Å². The predicted octanol–water partition coefficient (Wildman–Crippen LogP) is 3.79. The summed E-state index contributed by atoms with van der Waals surface area (Å²) in [6.07, 6.45) is 0. The Kier molecular flexibility index (Phi) is 3.24. The van der Waals surface area contributed by atoms with Crippen molar-refractivity contribution >= 4 is 22.1 Å². The molecule has 112 valence electrons. The van der Waals surface area contributed by atoms with Crippen LogP contribution in [0, 0.1) is 0 Å². The lowest BCUT2D eigenvalue weighted by Crippen LogP contribution is -2.09. The average Bonchev–Trinajstić information content (AvgIpc) is 3.15. The topological polar surface area (TPSA) is 57.7 Å². The summed E-state index contributed by atoms with van der Waals surface area (Å²) in [5, 5.41) is 16.6. The number of nitrogens with one attached hydrogen (secondary N) is 1. The summed E-state index contributed by atoms with van der Waals surface area (Å²) in [7, 11) is 2.06. The lowest BCUT2D eigenvalue weighted by Gasteiger charge is -2.20. The van der Waals surface area contributed by atoms with Crippen molar-refractivity contribution < 1.29 is 0 Å². The summed E-state index contributed by atoms with van der Waals surface area (Å²) in [5.41, 5.74) is 3.14. The van der Waals surface area contributed by atoms with Gasteiger partial charge >= 0.3 is 0 Å². The molecule has 4 aromatic rings. The molecule has 1 aromatic heterocycles. The molecule has 0 fully saturated rings. The highest BCUT2D eigenvalue weighted by atomic mass is 15.5.